The Bertz CT molecular complexity index is 910. The summed E-state index contributed by atoms with van der Waals surface area (Å²) < 4.78 is 31.9. The minimum Gasteiger partial charge on any atom is -0.492 e. The van der Waals surface area contributed by atoms with Gasteiger partial charge in [0.15, 0.2) is 0 Å². The number of sulfonamides is 1. The monoisotopic (exact) mass is 454 g/mol. The molecule has 0 heterocycles. The van der Waals surface area contributed by atoms with Gasteiger partial charge in [0, 0.05) is 24.3 Å². The summed E-state index contributed by atoms with van der Waals surface area (Å²) in [6, 6.07) is 11.3. The largest absolute Gasteiger partial charge is 0.492 e. The smallest absolute Gasteiger partial charge is 0.259 e. The fourth-order valence-corrected chi connectivity index (χ4v) is 3.44. The predicted molar refractivity (Wildman–Crippen MR) is 110 cm³/mol. The number of hydrogen-bond donors (Lipinski definition) is 1. The molecule has 1 amide bonds. The highest BCUT2D eigenvalue weighted by molar-refractivity contribution is 9.10. The lowest BCUT2D eigenvalue weighted by Gasteiger charge is -2.14. The normalized spacial score (nSPS) is 11.7. The first-order valence-corrected chi connectivity index (χ1v) is 10.6. The lowest BCUT2D eigenvalue weighted by atomic mass is 10.1. The molecule has 8 heteroatoms. The Balaban J connectivity index is 2.21. The number of ether oxygens (including phenoxy) is 1. The number of rotatable bonds is 7. The molecule has 0 bridgehead atoms. The van der Waals surface area contributed by atoms with Gasteiger partial charge in [0.25, 0.3) is 5.91 Å². The summed E-state index contributed by atoms with van der Waals surface area (Å²) in [5, 5.41) is 2.77. The number of carbonyl (C=O) groups excluding carboxylic acids is 1. The average molecular weight is 455 g/mol. The second-order valence-electron chi connectivity index (χ2n) is 6.61. The van der Waals surface area contributed by atoms with Gasteiger partial charge in [-0.1, -0.05) is 29.8 Å². The van der Waals surface area contributed by atoms with Gasteiger partial charge in [0.05, 0.1) is 17.1 Å². The van der Waals surface area contributed by atoms with Gasteiger partial charge in [-0.15, -0.1) is 0 Å². The van der Waals surface area contributed by atoms with E-state index < -0.39 is 10.0 Å². The maximum atomic E-state index is 12.7. The number of nitrogens with zero attached hydrogens (tertiary/aromatic N) is 1. The topological polar surface area (TPSA) is 75.7 Å². The predicted octanol–water partition coefficient (Wildman–Crippen LogP) is 3.99. The second kappa shape index (κ2) is 8.86. The van der Waals surface area contributed by atoms with Gasteiger partial charge in [-0.2, -0.15) is 0 Å². The Morgan fingerprint density at radius 2 is 1.78 bits per heavy atom. The van der Waals surface area contributed by atoms with E-state index in [1.807, 2.05) is 19.9 Å². The molecule has 0 fully saturated rings. The highest BCUT2D eigenvalue weighted by Gasteiger charge is 2.18. The van der Waals surface area contributed by atoms with Crippen molar-refractivity contribution in [2.24, 2.45) is 5.92 Å². The molecular formula is C19H23BrN2O4S. The van der Waals surface area contributed by atoms with Gasteiger partial charge in [-0.3, -0.25) is 4.79 Å². The van der Waals surface area contributed by atoms with E-state index in [2.05, 4.69) is 21.2 Å². The summed E-state index contributed by atoms with van der Waals surface area (Å²) in [6.45, 7) is 4.56. The van der Waals surface area contributed by atoms with Crippen LogP contribution in [0.5, 0.6) is 5.75 Å². The highest BCUT2D eigenvalue weighted by Crippen LogP contribution is 2.25. The van der Waals surface area contributed by atoms with Crippen molar-refractivity contribution in [2.75, 3.05) is 26.0 Å². The van der Waals surface area contributed by atoms with Crippen LogP contribution in [0.15, 0.2) is 51.8 Å². The molecule has 0 aliphatic carbocycles. The molecular weight excluding hydrogens is 432 g/mol. The van der Waals surface area contributed by atoms with Gasteiger partial charge >= 0.3 is 0 Å². The van der Waals surface area contributed by atoms with Gasteiger partial charge < -0.3 is 10.1 Å². The first kappa shape index (κ1) is 21.4. The first-order chi connectivity index (χ1) is 12.6. The molecule has 0 radical (unpaired) electrons. The minimum absolute atomic E-state index is 0.161. The highest BCUT2D eigenvalue weighted by atomic mass is 79.9. The van der Waals surface area contributed by atoms with Crippen LogP contribution in [0.1, 0.15) is 24.2 Å². The van der Waals surface area contributed by atoms with Crippen LogP contribution >= 0.6 is 15.9 Å². The average Bonchev–Trinajstić information content (AvgIpc) is 2.60. The molecule has 6 nitrogen and oxygen atoms in total. The summed E-state index contributed by atoms with van der Waals surface area (Å²) >= 11 is 3.37. The molecule has 1 N–H and O–H groups in total. The number of carbonyl (C=O) groups is 1. The Morgan fingerprint density at radius 3 is 2.33 bits per heavy atom. The van der Waals surface area contributed by atoms with Crippen LogP contribution in [0, 0.1) is 5.92 Å². The summed E-state index contributed by atoms with van der Waals surface area (Å²) in [7, 11) is -0.569. The molecule has 0 aromatic heterocycles. The van der Waals surface area contributed by atoms with Crippen molar-refractivity contribution in [1.82, 2.24) is 4.31 Å². The SMILES string of the molecule is CC(C)COc1ccc(Br)cc1C(=O)Nc1ccc(S(=O)(=O)N(C)C)cc1. The van der Waals surface area contributed by atoms with Crippen molar-refractivity contribution < 1.29 is 17.9 Å². The van der Waals surface area contributed by atoms with Crippen LogP contribution in [0.2, 0.25) is 0 Å². The van der Waals surface area contributed by atoms with E-state index in [0.29, 0.717) is 29.5 Å². The maximum absolute atomic E-state index is 12.7. The van der Waals surface area contributed by atoms with Gasteiger partial charge in [-0.25, -0.2) is 12.7 Å². The quantitative estimate of drug-likeness (QED) is 0.685. The molecule has 0 aliphatic heterocycles. The Morgan fingerprint density at radius 1 is 1.15 bits per heavy atom. The van der Waals surface area contributed by atoms with Crippen molar-refractivity contribution in [3.63, 3.8) is 0 Å². The van der Waals surface area contributed by atoms with E-state index >= 15 is 0 Å². The first-order valence-electron chi connectivity index (χ1n) is 8.37. The summed E-state index contributed by atoms with van der Waals surface area (Å²) in [4.78, 5) is 12.8. The fourth-order valence-electron chi connectivity index (χ4n) is 2.18. The van der Waals surface area contributed by atoms with Crippen molar-refractivity contribution in [2.45, 2.75) is 18.7 Å². The zero-order valence-electron chi connectivity index (χ0n) is 15.7. The molecule has 146 valence electrons. The fraction of sp³-hybridized carbons (Fsp3) is 0.316. The van der Waals surface area contributed by atoms with E-state index in [-0.39, 0.29) is 10.8 Å². The molecule has 0 aliphatic rings. The number of hydrogen-bond acceptors (Lipinski definition) is 4. The molecule has 0 saturated heterocycles. The molecule has 2 aromatic carbocycles. The third-order valence-corrected chi connectivity index (χ3v) is 5.97. The second-order valence-corrected chi connectivity index (χ2v) is 9.68. The zero-order valence-corrected chi connectivity index (χ0v) is 18.1. The van der Waals surface area contributed by atoms with Crippen LogP contribution in [0.25, 0.3) is 0 Å². The molecule has 27 heavy (non-hydrogen) atoms. The number of amides is 1. The molecule has 0 unspecified atom stereocenters. The van der Waals surface area contributed by atoms with Gasteiger partial charge in [-0.05, 0) is 48.4 Å². The third-order valence-electron chi connectivity index (χ3n) is 3.65. The van der Waals surface area contributed by atoms with E-state index in [0.717, 1.165) is 8.78 Å². The number of benzene rings is 2. The maximum Gasteiger partial charge on any atom is 0.259 e. The summed E-state index contributed by atoms with van der Waals surface area (Å²) in [5.41, 5.74) is 0.891. The zero-order chi connectivity index (χ0) is 20.2. The lowest BCUT2D eigenvalue weighted by molar-refractivity contribution is 0.102. The minimum atomic E-state index is -3.51. The van der Waals surface area contributed by atoms with E-state index in [1.165, 1.54) is 26.2 Å². The number of anilines is 1. The number of nitrogens with one attached hydrogen (secondary N) is 1. The van der Waals surface area contributed by atoms with Crippen LogP contribution in [0.4, 0.5) is 5.69 Å². The third kappa shape index (κ3) is 5.54. The van der Waals surface area contributed by atoms with Crippen molar-refractivity contribution in [1.29, 1.82) is 0 Å². The molecule has 2 rings (SSSR count). The Hall–Kier alpha value is -1.90. The summed E-state index contributed by atoms with van der Waals surface area (Å²) in [5.74, 6) is 0.491. The van der Waals surface area contributed by atoms with Gasteiger partial charge in [0.1, 0.15) is 5.75 Å². The molecule has 0 saturated carbocycles. The molecule has 0 spiro atoms. The van der Waals surface area contributed by atoms with Crippen LogP contribution in [-0.2, 0) is 10.0 Å². The van der Waals surface area contributed by atoms with Crippen LogP contribution in [-0.4, -0.2) is 39.3 Å². The van der Waals surface area contributed by atoms with E-state index in [1.54, 1.807) is 24.3 Å². The lowest BCUT2D eigenvalue weighted by Crippen LogP contribution is -2.22. The number of halogens is 1. The van der Waals surface area contributed by atoms with E-state index in [9.17, 15) is 13.2 Å². The van der Waals surface area contributed by atoms with E-state index in [4.69, 9.17) is 4.74 Å². The molecule has 0 atom stereocenters. The van der Waals surface area contributed by atoms with Crippen LogP contribution in [0.3, 0.4) is 0 Å². The van der Waals surface area contributed by atoms with Gasteiger partial charge in [0.2, 0.25) is 10.0 Å². The standard InChI is InChI=1S/C19H23BrN2O4S/c1-13(2)12-26-18-10-5-14(20)11-17(18)19(23)21-15-6-8-16(9-7-15)27(24,25)22(3)4/h5-11,13H,12H2,1-4H3,(H,21,23). The summed E-state index contributed by atoms with van der Waals surface area (Å²) in [6.07, 6.45) is 0. The van der Waals surface area contributed by atoms with Crippen molar-refractivity contribution in [3.8, 4) is 5.75 Å². The van der Waals surface area contributed by atoms with Crippen molar-refractivity contribution in [3.05, 3.63) is 52.5 Å². The Kier molecular flexibility index (Phi) is 7.02. The Labute approximate surface area is 168 Å². The molecule has 2 aromatic rings. The van der Waals surface area contributed by atoms with Crippen molar-refractivity contribution >= 4 is 37.5 Å². The van der Waals surface area contributed by atoms with Crippen LogP contribution < -0.4 is 10.1 Å².